The smallest absolute Gasteiger partial charge is 0.385 e. The molecule has 0 unspecified atom stereocenters. The first-order chi connectivity index (χ1) is 9.05. The first-order valence-corrected chi connectivity index (χ1v) is 6.02. The summed E-state index contributed by atoms with van der Waals surface area (Å²) in [6, 6.07) is 5.40. The van der Waals surface area contributed by atoms with Gasteiger partial charge in [0.15, 0.2) is 0 Å². The molecule has 1 N–H and O–H groups in total. The van der Waals surface area contributed by atoms with Crippen molar-refractivity contribution in [3.63, 3.8) is 0 Å². The second kappa shape index (κ2) is 8.01. The minimum absolute atomic E-state index is 0.0792. The molecule has 0 saturated heterocycles. The molecule has 0 aromatic heterocycles. The van der Waals surface area contributed by atoms with Gasteiger partial charge in [-0.15, -0.1) is 0 Å². The Morgan fingerprint density at radius 2 is 1.84 bits per heavy atom. The third-order valence-electron chi connectivity index (χ3n) is 2.43. The number of alkyl halides is 3. The first-order valence-electron chi connectivity index (χ1n) is 6.02. The minimum Gasteiger partial charge on any atom is -0.385 e. The Bertz CT molecular complexity index is 369. The zero-order valence-corrected chi connectivity index (χ0v) is 10.8. The average molecular weight is 277 g/mol. The normalized spacial score (nSPS) is 11.6. The van der Waals surface area contributed by atoms with Crippen molar-refractivity contribution >= 4 is 5.69 Å². The molecule has 0 amide bonds. The lowest BCUT2D eigenvalue weighted by atomic mass is 10.1. The summed E-state index contributed by atoms with van der Waals surface area (Å²) >= 11 is 0. The molecule has 0 bridgehead atoms. The van der Waals surface area contributed by atoms with Crippen LogP contribution in [0.2, 0.25) is 0 Å². The number of hydrogen-bond donors (Lipinski definition) is 1. The molecule has 1 aromatic rings. The van der Waals surface area contributed by atoms with Crippen LogP contribution in [0, 0.1) is 0 Å². The Morgan fingerprint density at radius 1 is 1.11 bits per heavy atom. The molecular formula is C13H18F3NO2. The van der Waals surface area contributed by atoms with E-state index in [-0.39, 0.29) is 5.69 Å². The Kier molecular flexibility index (Phi) is 6.66. The lowest BCUT2D eigenvalue weighted by Crippen LogP contribution is -2.15. The summed E-state index contributed by atoms with van der Waals surface area (Å²) in [6.45, 7) is 1.84. The van der Waals surface area contributed by atoms with Crippen LogP contribution in [0.1, 0.15) is 12.0 Å². The number of anilines is 1. The standard InChI is InChI=1S/C13H18F3NO2/c1-18-8-4-9-19-10-7-17-12-6-3-2-5-11(12)13(14,15)16/h2-3,5-6,17H,4,7-10H2,1H3. The maximum absolute atomic E-state index is 12.7. The number of para-hydroxylation sites is 1. The summed E-state index contributed by atoms with van der Waals surface area (Å²) in [6.07, 6.45) is -3.57. The van der Waals surface area contributed by atoms with Crippen molar-refractivity contribution in [3.05, 3.63) is 29.8 Å². The van der Waals surface area contributed by atoms with Gasteiger partial charge in [0.2, 0.25) is 0 Å². The van der Waals surface area contributed by atoms with Crippen LogP contribution in [0.4, 0.5) is 18.9 Å². The molecule has 0 aliphatic heterocycles. The van der Waals surface area contributed by atoms with Gasteiger partial charge in [0.1, 0.15) is 0 Å². The fourth-order valence-corrected chi connectivity index (χ4v) is 1.55. The van der Waals surface area contributed by atoms with E-state index in [1.807, 2.05) is 0 Å². The average Bonchev–Trinajstić information content (AvgIpc) is 2.37. The van der Waals surface area contributed by atoms with E-state index in [0.29, 0.717) is 26.4 Å². The van der Waals surface area contributed by atoms with E-state index in [1.165, 1.54) is 12.1 Å². The predicted molar refractivity (Wildman–Crippen MR) is 67.2 cm³/mol. The van der Waals surface area contributed by atoms with Crippen LogP contribution in [0.5, 0.6) is 0 Å². The zero-order valence-electron chi connectivity index (χ0n) is 10.8. The first kappa shape index (κ1) is 15.8. The number of benzene rings is 1. The number of methoxy groups -OCH3 is 1. The van der Waals surface area contributed by atoms with Gasteiger partial charge in [0.05, 0.1) is 12.2 Å². The molecule has 0 heterocycles. The highest BCUT2D eigenvalue weighted by Crippen LogP contribution is 2.34. The van der Waals surface area contributed by atoms with E-state index in [1.54, 1.807) is 13.2 Å². The third-order valence-corrected chi connectivity index (χ3v) is 2.43. The van der Waals surface area contributed by atoms with Gasteiger partial charge in [-0.1, -0.05) is 12.1 Å². The van der Waals surface area contributed by atoms with Gasteiger partial charge in [-0.3, -0.25) is 0 Å². The molecule has 6 heteroatoms. The van der Waals surface area contributed by atoms with Crippen molar-refractivity contribution < 1.29 is 22.6 Å². The molecule has 1 rings (SSSR count). The predicted octanol–water partition coefficient (Wildman–Crippen LogP) is 3.17. The number of ether oxygens (including phenoxy) is 2. The van der Waals surface area contributed by atoms with Crippen LogP contribution < -0.4 is 5.32 Å². The van der Waals surface area contributed by atoms with Crippen LogP contribution in [0.25, 0.3) is 0 Å². The molecule has 0 spiro atoms. The van der Waals surface area contributed by atoms with Crippen molar-refractivity contribution in [3.8, 4) is 0 Å². The van der Waals surface area contributed by atoms with Gasteiger partial charge >= 0.3 is 6.18 Å². The van der Waals surface area contributed by atoms with E-state index in [9.17, 15) is 13.2 Å². The molecule has 0 aliphatic carbocycles. The summed E-state index contributed by atoms with van der Waals surface area (Å²) in [5, 5.41) is 2.73. The highest BCUT2D eigenvalue weighted by molar-refractivity contribution is 5.52. The Balaban J connectivity index is 2.33. The Morgan fingerprint density at radius 3 is 2.53 bits per heavy atom. The maximum atomic E-state index is 12.7. The van der Waals surface area contributed by atoms with Gasteiger partial charge in [0.25, 0.3) is 0 Å². The second-order valence-corrected chi connectivity index (χ2v) is 3.93. The topological polar surface area (TPSA) is 30.5 Å². The van der Waals surface area contributed by atoms with Crippen LogP contribution in [0.3, 0.4) is 0 Å². The highest BCUT2D eigenvalue weighted by Gasteiger charge is 2.32. The number of halogens is 3. The van der Waals surface area contributed by atoms with Gasteiger partial charge in [0, 0.05) is 32.6 Å². The SMILES string of the molecule is COCCCOCCNc1ccccc1C(F)(F)F. The molecule has 108 valence electrons. The zero-order chi connectivity index (χ0) is 14.1. The van der Waals surface area contributed by atoms with Crippen molar-refractivity contribution in [2.24, 2.45) is 0 Å². The molecule has 19 heavy (non-hydrogen) atoms. The summed E-state index contributed by atoms with van der Waals surface area (Å²) in [5.41, 5.74) is -0.579. The summed E-state index contributed by atoms with van der Waals surface area (Å²) in [4.78, 5) is 0. The van der Waals surface area contributed by atoms with Crippen LogP contribution in [-0.2, 0) is 15.7 Å². The van der Waals surface area contributed by atoms with E-state index < -0.39 is 11.7 Å². The lowest BCUT2D eigenvalue weighted by molar-refractivity contribution is -0.137. The highest BCUT2D eigenvalue weighted by atomic mass is 19.4. The van der Waals surface area contributed by atoms with Crippen LogP contribution in [-0.4, -0.2) is 33.5 Å². The molecule has 0 saturated carbocycles. The van der Waals surface area contributed by atoms with E-state index in [0.717, 1.165) is 12.5 Å². The van der Waals surface area contributed by atoms with Gasteiger partial charge in [-0.05, 0) is 18.6 Å². The molecule has 0 atom stereocenters. The monoisotopic (exact) mass is 277 g/mol. The quantitative estimate of drug-likeness (QED) is 0.740. The number of hydrogen-bond acceptors (Lipinski definition) is 3. The van der Waals surface area contributed by atoms with Crippen molar-refractivity contribution in [1.29, 1.82) is 0 Å². The molecule has 1 aromatic carbocycles. The molecule has 0 radical (unpaired) electrons. The van der Waals surface area contributed by atoms with Crippen LogP contribution in [0.15, 0.2) is 24.3 Å². The molecule has 3 nitrogen and oxygen atoms in total. The summed E-state index contributed by atoms with van der Waals surface area (Å²) < 4.78 is 48.1. The van der Waals surface area contributed by atoms with Crippen molar-refractivity contribution in [2.45, 2.75) is 12.6 Å². The largest absolute Gasteiger partial charge is 0.418 e. The number of nitrogens with one attached hydrogen (secondary N) is 1. The Hall–Kier alpha value is -1.27. The molecular weight excluding hydrogens is 259 g/mol. The van der Waals surface area contributed by atoms with Crippen molar-refractivity contribution in [2.75, 3.05) is 38.8 Å². The second-order valence-electron chi connectivity index (χ2n) is 3.93. The van der Waals surface area contributed by atoms with E-state index >= 15 is 0 Å². The van der Waals surface area contributed by atoms with E-state index in [2.05, 4.69) is 5.32 Å². The van der Waals surface area contributed by atoms with E-state index in [4.69, 9.17) is 9.47 Å². The fraction of sp³-hybridized carbons (Fsp3) is 0.538. The third kappa shape index (κ3) is 5.94. The number of rotatable bonds is 8. The van der Waals surface area contributed by atoms with Gasteiger partial charge < -0.3 is 14.8 Å². The summed E-state index contributed by atoms with van der Waals surface area (Å²) in [7, 11) is 1.61. The maximum Gasteiger partial charge on any atom is 0.418 e. The van der Waals surface area contributed by atoms with Crippen LogP contribution >= 0.6 is 0 Å². The molecule has 0 fully saturated rings. The van der Waals surface area contributed by atoms with Gasteiger partial charge in [-0.2, -0.15) is 13.2 Å². The molecule has 0 aliphatic rings. The minimum atomic E-state index is -4.34. The Labute approximate surface area is 110 Å². The van der Waals surface area contributed by atoms with Crippen molar-refractivity contribution in [1.82, 2.24) is 0 Å². The summed E-state index contributed by atoms with van der Waals surface area (Å²) in [5.74, 6) is 0. The van der Waals surface area contributed by atoms with Gasteiger partial charge in [-0.25, -0.2) is 0 Å². The fourth-order valence-electron chi connectivity index (χ4n) is 1.55. The lowest BCUT2D eigenvalue weighted by Gasteiger charge is -2.14.